The highest BCUT2D eigenvalue weighted by Crippen LogP contribution is 2.22. The molecule has 0 saturated heterocycles. The van der Waals surface area contributed by atoms with Crippen molar-refractivity contribution in [1.29, 1.82) is 0 Å². The van der Waals surface area contributed by atoms with Crippen LogP contribution in [0.25, 0.3) is 10.9 Å². The van der Waals surface area contributed by atoms with Crippen molar-refractivity contribution in [3.63, 3.8) is 0 Å². The van der Waals surface area contributed by atoms with Crippen LogP contribution < -0.4 is 10.6 Å². The third kappa shape index (κ3) is 3.95. The van der Waals surface area contributed by atoms with Gasteiger partial charge in [-0.15, -0.1) is 0 Å². The number of nitrogens with zero attached hydrogens (tertiary/aromatic N) is 2. The molecule has 1 aromatic heterocycles. The van der Waals surface area contributed by atoms with Gasteiger partial charge >= 0.3 is 0 Å². The monoisotopic (exact) mass is 308 g/mol. The van der Waals surface area contributed by atoms with E-state index in [1.54, 1.807) is 4.68 Å². The van der Waals surface area contributed by atoms with Crippen molar-refractivity contribution in [1.82, 2.24) is 20.4 Å². The van der Waals surface area contributed by atoms with Gasteiger partial charge in [0.15, 0.2) is 5.15 Å². The number of amides is 2. The second-order valence-electron chi connectivity index (χ2n) is 4.51. The van der Waals surface area contributed by atoms with Crippen LogP contribution in [0.5, 0.6) is 0 Å². The van der Waals surface area contributed by atoms with Crippen LogP contribution in [0.2, 0.25) is 5.15 Å². The van der Waals surface area contributed by atoms with Gasteiger partial charge in [-0.3, -0.25) is 14.3 Å². The van der Waals surface area contributed by atoms with E-state index in [2.05, 4.69) is 15.7 Å². The summed E-state index contributed by atoms with van der Waals surface area (Å²) in [6.45, 7) is 2.78. The molecule has 0 unspecified atom stereocenters. The smallest absolute Gasteiger partial charge is 0.239 e. The van der Waals surface area contributed by atoms with Crippen molar-refractivity contribution in [3.05, 3.63) is 29.4 Å². The van der Waals surface area contributed by atoms with E-state index in [1.807, 2.05) is 31.2 Å². The van der Waals surface area contributed by atoms with Crippen LogP contribution in [0.1, 0.15) is 13.3 Å². The van der Waals surface area contributed by atoms with Crippen LogP contribution in [-0.2, 0) is 16.1 Å². The van der Waals surface area contributed by atoms with Crippen molar-refractivity contribution in [2.45, 2.75) is 19.9 Å². The molecule has 0 spiro atoms. The summed E-state index contributed by atoms with van der Waals surface area (Å²) in [5.41, 5.74) is 0.888. The molecule has 1 heterocycles. The first-order valence-corrected chi connectivity index (χ1v) is 7.14. The zero-order chi connectivity index (χ0) is 15.2. The number of rotatable bonds is 6. The first-order valence-electron chi connectivity index (χ1n) is 6.76. The van der Waals surface area contributed by atoms with Crippen LogP contribution in [0.3, 0.4) is 0 Å². The van der Waals surface area contributed by atoms with E-state index in [4.69, 9.17) is 11.6 Å². The molecule has 112 valence electrons. The predicted octanol–water partition coefficient (Wildman–Crippen LogP) is 1.33. The number of carbonyl (C=O) groups is 2. The molecule has 0 aliphatic heterocycles. The lowest BCUT2D eigenvalue weighted by Crippen LogP contribution is -2.37. The average molecular weight is 309 g/mol. The third-order valence-electron chi connectivity index (χ3n) is 2.98. The SMILES string of the molecule is CCNC(=O)CNC(=O)CCn1nc(Cl)c2ccccc21. The van der Waals surface area contributed by atoms with Gasteiger partial charge in [0.25, 0.3) is 0 Å². The molecule has 0 aliphatic carbocycles. The number of carbonyl (C=O) groups excluding carboxylic acids is 2. The number of benzene rings is 1. The molecule has 2 amide bonds. The number of nitrogens with one attached hydrogen (secondary N) is 2. The van der Waals surface area contributed by atoms with E-state index in [9.17, 15) is 9.59 Å². The van der Waals surface area contributed by atoms with E-state index in [0.29, 0.717) is 18.2 Å². The number of hydrogen-bond donors (Lipinski definition) is 2. The Morgan fingerprint density at radius 1 is 1.24 bits per heavy atom. The maximum atomic E-state index is 11.7. The minimum absolute atomic E-state index is 0.00666. The molecule has 1 aromatic carbocycles. The number of aromatic nitrogens is 2. The Morgan fingerprint density at radius 3 is 2.76 bits per heavy atom. The molecule has 0 saturated carbocycles. The van der Waals surface area contributed by atoms with Crippen molar-refractivity contribution >= 4 is 34.3 Å². The number of para-hydroxylation sites is 1. The maximum Gasteiger partial charge on any atom is 0.239 e. The summed E-state index contributed by atoms with van der Waals surface area (Å²) in [6.07, 6.45) is 0.238. The standard InChI is InChI=1S/C14H17ClN4O2/c1-2-16-13(21)9-17-12(20)7-8-19-11-6-4-3-5-10(11)14(15)18-19/h3-6H,2,7-9H2,1H3,(H,16,21)(H,17,20). The Labute approximate surface area is 127 Å². The Bertz CT molecular complexity index is 653. The minimum Gasteiger partial charge on any atom is -0.355 e. The Kier molecular flexibility index (Phi) is 5.16. The summed E-state index contributed by atoms with van der Waals surface area (Å²) in [6, 6.07) is 7.57. The Balaban J connectivity index is 1.90. The first kappa shape index (κ1) is 15.3. The summed E-state index contributed by atoms with van der Waals surface area (Å²) in [7, 11) is 0. The fourth-order valence-electron chi connectivity index (χ4n) is 1.99. The Morgan fingerprint density at radius 2 is 2.00 bits per heavy atom. The van der Waals surface area contributed by atoms with Crippen molar-refractivity contribution in [3.8, 4) is 0 Å². The van der Waals surface area contributed by atoms with Gasteiger partial charge in [0.1, 0.15) is 0 Å². The first-order chi connectivity index (χ1) is 10.1. The van der Waals surface area contributed by atoms with Crippen LogP contribution in [0.15, 0.2) is 24.3 Å². The van der Waals surface area contributed by atoms with Gasteiger partial charge in [0.2, 0.25) is 11.8 Å². The molecule has 6 nitrogen and oxygen atoms in total. The molecular formula is C14H17ClN4O2. The summed E-state index contributed by atoms with van der Waals surface area (Å²) in [4.78, 5) is 22.9. The molecule has 0 radical (unpaired) electrons. The molecule has 0 aliphatic rings. The summed E-state index contributed by atoms with van der Waals surface area (Å²) in [5, 5.41) is 10.7. The van der Waals surface area contributed by atoms with E-state index in [-0.39, 0.29) is 24.8 Å². The normalized spacial score (nSPS) is 10.6. The van der Waals surface area contributed by atoms with Gasteiger partial charge in [-0.2, -0.15) is 5.10 Å². The zero-order valence-corrected chi connectivity index (χ0v) is 12.5. The van der Waals surface area contributed by atoms with Crippen molar-refractivity contribution < 1.29 is 9.59 Å². The minimum atomic E-state index is -0.197. The number of aryl methyl sites for hydroxylation is 1. The van der Waals surface area contributed by atoms with Crippen LogP contribution in [0, 0.1) is 0 Å². The van der Waals surface area contributed by atoms with Gasteiger partial charge in [0, 0.05) is 18.4 Å². The number of fused-ring (bicyclic) bond motifs is 1. The lowest BCUT2D eigenvalue weighted by Gasteiger charge is -2.06. The quantitative estimate of drug-likeness (QED) is 0.845. The molecule has 2 rings (SSSR count). The highest BCUT2D eigenvalue weighted by Gasteiger charge is 2.10. The van der Waals surface area contributed by atoms with E-state index >= 15 is 0 Å². The lowest BCUT2D eigenvalue weighted by molar-refractivity contribution is -0.126. The zero-order valence-electron chi connectivity index (χ0n) is 11.7. The summed E-state index contributed by atoms with van der Waals surface area (Å²) in [5.74, 6) is -0.393. The fourth-order valence-corrected chi connectivity index (χ4v) is 2.24. The predicted molar refractivity (Wildman–Crippen MR) is 81.1 cm³/mol. The number of halogens is 1. The molecule has 0 atom stereocenters. The summed E-state index contributed by atoms with van der Waals surface area (Å²) >= 11 is 6.05. The van der Waals surface area contributed by atoms with Crippen molar-refractivity contribution in [2.75, 3.05) is 13.1 Å². The second kappa shape index (κ2) is 7.08. The van der Waals surface area contributed by atoms with Crippen LogP contribution in [-0.4, -0.2) is 34.7 Å². The lowest BCUT2D eigenvalue weighted by atomic mass is 10.2. The second-order valence-corrected chi connectivity index (χ2v) is 4.87. The van der Waals surface area contributed by atoms with Crippen LogP contribution >= 0.6 is 11.6 Å². The van der Waals surface area contributed by atoms with E-state index in [0.717, 1.165) is 10.9 Å². The average Bonchev–Trinajstić information content (AvgIpc) is 2.80. The highest BCUT2D eigenvalue weighted by molar-refractivity contribution is 6.34. The number of likely N-dealkylation sites (N-methyl/N-ethyl adjacent to an activating group) is 1. The van der Waals surface area contributed by atoms with Gasteiger partial charge in [0.05, 0.1) is 18.6 Å². The van der Waals surface area contributed by atoms with E-state index in [1.165, 1.54) is 0 Å². The molecule has 0 bridgehead atoms. The molecule has 2 N–H and O–H groups in total. The molecular weight excluding hydrogens is 292 g/mol. The fraction of sp³-hybridized carbons (Fsp3) is 0.357. The summed E-state index contributed by atoms with van der Waals surface area (Å²) < 4.78 is 1.70. The van der Waals surface area contributed by atoms with Gasteiger partial charge in [-0.25, -0.2) is 0 Å². The Hall–Kier alpha value is -2.08. The van der Waals surface area contributed by atoms with Crippen LogP contribution in [0.4, 0.5) is 0 Å². The molecule has 21 heavy (non-hydrogen) atoms. The molecule has 7 heteroatoms. The highest BCUT2D eigenvalue weighted by atomic mass is 35.5. The van der Waals surface area contributed by atoms with E-state index < -0.39 is 0 Å². The van der Waals surface area contributed by atoms with Crippen molar-refractivity contribution in [2.24, 2.45) is 0 Å². The largest absolute Gasteiger partial charge is 0.355 e. The van der Waals surface area contributed by atoms with Gasteiger partial charge in [-0.05, 0) is 19.1 Å². The molecule has 2 aromatic rings. The maximum absolute atomic E-state index is 11.7. The van der Waals surface area contributed by atoms with Gasteiger partial charge < -0.3 is 10.6 Å². The van der Waals surface area contributed by atoms with Gasteiger partial charge in [-0.1, -0.05) is 23.7 Å². The number of hydrogen-bond acceptors (Lipinski definition) is 3. The topological polar surface area (TPSA) is 76.0 Å². The molecule has 0 fully saturated rings. The third-order valence-corrected chi connectivity index (χ3v) is 3.26.